The third-order valence-electron chi connectivity index (χ3n) is 4.48. The van der Waals surface area contributed by atoms with Gasteiger partial charge in [-0.15, -0.1) is 0 Å². The summed E-state index contributed by atoms with van der Waals surface area (Å²) in [6.45, 7) is 0.946. The molecule has 0 spiro atoms. The van der Waals surface area contributed by atoms with Gasteiger partial charge in [0, 0.05) is 18.6 Å². The highest BCUT2D eigenvalue weighted by Gasteiger charge is 2.44. The fraction of sp³-hybridized carbons (Fsp3) is 0.611. The van der Waals surface area contributed by atoms with E-state index in [1.807, 2.05) is 0 Å². The molecule has 158 valence electrons. The van der Waals surface area contributed by atoms with Gasteiger partial charge in [-0.05, 0) is 6.92 Å². The zero-order valence-electron chi connectivity index (χ0n) is 15.8. The SMILES string of the molecule is COc1cc(O)c(C(=O)C[C@H](C)O[C@@H]2O[C@H](CO)[C@@H](O)[C@@H](O)[C@H]2O)c(OC)c1. The van der Waals surface area contributed by atoms with E-state index in [-0.39, 0.29) is 23.5 Å². The van der Waals surface area contributed by atoms with E-state index >= 15 is 0 Å². The van der Waals surface area contributed by atoms with Crippen LogP contribution in [-0.2, 0) is 9.47 Å². The number of ether oxygens (including phenoxy) is 4. The predicted molar refractivity (Wildman–Crippen MR) is 94.5 cm³/mol. The van der Waals surface area contributed by atoms with E-state index in [0.717, 1.165) is 0 Å². The number of methoxy groups -OCH3 is 2. The summed E-state index contributed by atoms with van der Waals surface area (Å²) < 4.78 is 20.9. The Bertz CT molecular complexity index is 677. The largest absolute Gasteiger partial charge is 0.507 e. The van der Waals surface area contributed by atoms with E-state index in [4.69, 9.17) is 18.9 Å². The van der Waals surface area contributed by atoms with Gasteiger partial charge < -0.3 is 44.5 Å². The summed E-state index contributed by atoms with van der Waals surface area (Å²) in [5.41, 5.74) is -0.0486. The molecule has 10 heteroatoms. The first-order valence-corrected chi connectivity index (χ1v) is 8.67. The number of aromatic hydroxyl groups is 1. The number of phenols is 1. The van der Waals surface area contributed by atoms with Crippen LogP contribution in [0.4, 0.5) is 0 Å². The standard InChI is InChI=1S/C18H26O10/c1-8(27-18-17(24)16(23)15(22)13(7-19)28-18)4-10(20)14-11(21)5-9(25-2)6-12(14)26-3/h5-6,8,13,15-19,21-24H,4,7H2,1-3H3/t8-,13+,15+,16+,17+,18+/m0/s1. The van der Waals surface area contributed by atoms with Crippen molar-refractivity contribution >= 4 is 5.78 Å². The van der Waals surface area contributed by atoms with E-state index in [1.165, 1.54) is 33.3 Å². The normalized spacial score (nSPS) is 28.6. The first-order chi connectivity index (χ1) is 13.2. The first kappa shape index (κ1) is 22.3. The van der Waals surface area contributed by atoms with Crippen LogP contribution in [0, 0.1) is 0 Å². The van der Waals surface area contributed by atoms with Crippen LogP contribution < -0.4 is 9.47 Å². The van der Waals surface area contributed by atoms with Crippen molar-refractivity contribution < 1.29 is 49.3 Å². The van der Waals surface area contributed by atoms with Crippen molar-refractivity contribution in [1.29, 1.82) is 0 Å². The molecule has 28 heavy (non-hydrogen) atoms. The lowest BCUT2D eigenvalue weighted by Crippen LogP contribution is -2.59. The van der Waals surface area contributed by atoms with E-state index < -0.39 is 49.2 Å². The zero-order chi connectivity index (χ0) is 21.0. The fourth-order valence-corrected chi connectivity index (χ4v) is 2.96. The maximum Gasteiger partial charge on any atom is 0.186 e. The third-order valence-corrected chi connectivity index (χ3v) is 4.48. The fourth-order valence-electron chi connectivity index (χ4n) is 2.96. The molecule has 0 radical (unpaired) electrons. The van der Waals surface area contributed by atoms with Gasteiger partial charge in [0.15, 0.2) is 12.1 Å². The molecule has 1 fully saturated rings. The van der Waals surface area contributed by atoms with E-state index in [1.54, 1.807) is 0 Å². The summed E-state index contributed by atoms with van der Waals surface area (Å²) in [5, 5.41) is 48.9. The Hall–Kier alpha value is -1.95. The number of Topliss-reactive ketones (excluding diaryl/α,β-unsaturated/α-hetero) is 1. The quantitative estimate of drug-likeness (QED) is 0.349. The summed E-state index contributed by atoms with van der Waals surface area (Å²) in [6.07, 6.45) is -8.12. The summed E-state index contributed by atoms with van der Waals surface area (Å²) in [4.78, 5) is 12.6. The van der Waals surface area contributed by atoms with Gasteiger partial charge in [0.1, 0.15) is 47.2 Å². The molecular formula is C18H26O10. The summed E-state index contributed by atoms with van der Waals surface area (Å²) >= 11 is 0. The first-order valence-electron chi connectivity index (χ1n) is 8.67. The van der Waals surface area contributed by atoms with Crippen LogP contribution >= 0.6 is 0 Å². The molecule has 5 N–H and O–H groups in total. The smallest absolute Gasteiger partial charge is 0.186 e. The summed E-state index contributed by atoms with van der Waals surface area (Å²) in [7, 11) is 2.75. The van der Waals surface area contributed by atoms with Gasteiger partial charge in [-0.3, -0.25) is 4.79 Å². The van der Waals surface area contributed by atoms with Crippen molar-refractivity contribution in [2.75, 3.05) is 20.8 Å². The van der Waals surface area contributed by atoms with Gasteiger partial charge in [0.2, 0.25) is 0 Å². The van der Waals surface area contributed by atoms with Crippen molar-refractivity contribution in [3.8, 4) is 17.2 Å². The number of rotatable bonds is 8. The van der Waals surface area contributed by atoms with Crippen molar-refractivity contribution in [1.82, 2.24) is 0 Å². The molecule has 10 nitrogen and oxygen atoms in total. The highest BCUT2D eigenvalue weighted by molar-refractivity contribution is 6.01. The number of phenolic OH excluding ortho intramolecular Hbond substituents is 1. The number of aliphatic hydroxyl groups excluding tert-OH is 4. The third kappa shape index (κ3) is 4.72. The Balaban J connectivity index is 2.09. The van der Waals surface area contributed by atoms with Crippen LogP contribution in [0.25, 0.3) is 0 Å². The van der Waals surface area contributed by atoms with E-state index in [2.05, 4.69) is 0 Å². The lowest BCUT2D eigenvalue weighted by atomic mass is 9.99. The van der Waals surface area contributed by atoms with Gasteiger partial charge in [0.05, 0.1) is 26.9 Å². The predicted octanol–water partition coefficient (Wildman–Crippen LogP) is -0.813. The second-order valence-corrected chi connectivity index (χ2v) is 6.50. The van der Waals surface area contributed by atoms with E-state index in [0.29, 0.717) is 5.75 Å². The Morgan fingerprint density at radius 2 is 1.82 bits per heavy atom. The minimum Gasteiger partial charge on any atom is -0.507 e. The highest BCUT2D eigenvalue weighted by atomic mass is 16.7. The number of benzene rings is 1. The van der Waals surface area contributed by atoms with E-state index in [9.17, 15) is 30.3 Å². The molecule has 1 aromatic rings. The second kappa shape index (κ2) is 9.50. The average molecular weight is 402 g/mol. The molecular weight excluding hydrogens is 376 g/mol. The minimum absolute atomic E-state index is 0.0486. The Labute approximate surface area is 161 Å². The molecule has 0 unspecified atom stereocenters. The van der Waals surface area contributed by atoms with Crippen molar-refractivity contribution in [3.63, 3.8) is 0 Å². The highest BCUT2D eigenvalue weighted by Crippen LogP contribution is 2.34. The van der Waals surface area contributed by atoms with Crippen LogP contribution in [0.2, 0.25) is 0 Å². The molecule has 0 aliphatic carbocycles. The number of aliphatic hydroxyl groups is 4. The monoisotopic (exact) mass is 402 g/mol. The van der Waals surface area contributed by atoms with Gasteiger partial charge in [-0.25, -0.2) is 0 Å². The second-order valence-electron chi connectivity index (χ2n) is 6.50. The van der Waals surface area contributed by atoms with Crippen molar-refractivity contribution in [3.05, 3.63) is 17.7 Å². The number of carbonyl (C=O) groups excluding carboxylic acids is 1. The molecule has 1 aromatic carbocycles. The van der Waals surface area contributed by atoms with Crippen molar-refractivity contribution in [2.45, 2.75) is 50.2 Å². The topological polar surface area (TPSA) is 155 Å². The van der Waals surface area contributed by atoms with Crippen LogP contribution in [-0.4, -0.2) is 89.0 Å². The molecule has 2 rings (SSSR count). The molecule has 0 amide bonds. The van der Waals surface area contributed by atoms with Crippen LogP contribution in [0.1, 0.15) is 23.7 Å². The molecule has 0 aromatic heterocycles. The molecule has 1 aliphatic rings. The van der Waals surface area contributed by atoms with Crippen LogP contribution in [0.5, 0.6) is 17.2 Å². The number of hydrogen-bond acceptors (Lipinski definition) is 10. The molecule has 1 saturated heterocycles. The lowest BCUT2D eigenvalue weighted by Gasteiger charge is -2.40. The van der Waals surface area contributed by atoms with Gasteiger partial charge in [-0.1, -0.05) is 0 Å². The van der Waals surface area contributed by atoms with Gasteiger partial charge in [-0.2, -0.15) is 0 Å². The Morgan fingerprint density at radius 1 is 1.14 bits per heavy atom. The van der Waals surface area contributed by atoms with Crippen molar-refractivity contribution in [2.24, 2.45) is 0 Å². The van der Waals surface area contributed by atoms with Crippen LogP contribution in [0.3, 0.4) is 0 Å². The van der Waals surface area contributed by atoms with Gasteiger partial charge >= 0.3 is 0 Å². The molecule has 1 aliphatic heterocycles. The Morgan fingerprint density at radius 3 is 2.39 bits per heavy atom. The Kier molecular flexibility index (Phi) is 7.58. The molecule has 1 heterocycles. The maximum atomic E-state index is 12.6. The number of carbonyl (C=O) groups is 1. The summed E-state index contributed by atoms with van der Waals surface area (Å²) in [6, 6.07) is 2.73. The summed E-state index contributed by atoms with van der Waals surface area (Å²) in [5.74, 6) is -0.367. The minimum atomic E-state index is -1.58. The molecule has 0 saturated carbocycles. The van der Waals surface area contributed by atoms with Gasteiger partial charge in [0.25, 0.3) is 0 Å². The molecule has 0 bridgehead atoms. The zero-order valence-corrected chi connectivity index (χ0v) is 15.8. The molecule has 6 atom stereocenters. The van der Waals surface area contributed by atoms with Crippen LogP contribution in [0.15, 0.2) is 12.1 Å². The average Bonchev–Trinajstić information content (AvgIpc) is 2.67. The lowest BCUT2D eigenvalue weighted by molar-refractivity contribution is -0.309. The number of hydrogen-bond donors (Lipinski definition) is 5. The number of ketones is 1. The maximum absolute atomic E-state index is 12.6.